The van der Waals surface area contributed by atoms with Crippen LogP contribution in [0.5, 0.6) is 0 Å². The lowest BCUT2D eigenvalue weighted by atomic mass is 10.0. The quantitative estimate of drug-likeness (QED) is 0.732. The molecule has 1 aliphatic rings. The van der Waals surface area contributed by atoms with Crippen molar-refractivity contribution >= 4 is 11.0 Å². The molecule has 1 aliphatic heterocycles. The van der Waals surface area contributed by atoms with Crippen molar-refractivity contribution in [1.29, 1.82) is 0 Å². The van der Waals surface area contributed by atoms with Gasteiger partial charge in [-0.1, -0.05) is 6.07 Å². The van der Waals surface area contributed by atoms with E-state index in [0.717, 1.165) is 41.7 Å². The average Bonchev–Trinajstić information content (AvgIpc) is 2.88. The summed E-state index contributed by atoms with van der Waals surface area (Å²) < 4.78 is 21.1. The van der Waals surface area contributed by atoms with E-state index in [1.54, 1.807) is 13.0 Å². The monoisotopic (exact) mass is 296 g/mol. The number of halogens is 1. The molecule has 1 atom stereocenters. The molecule has 2 aromatic heterocycles. The number of rotatable bonds is 3. The first kappa shape index (κ1) is 13.5. The van der Waals surface area contributed by atoms with E-state index in [1.807, 2.05) is 18.3 Å². The lowest BCUT2D eigenvalue weighted by molar-refractivity contribution is -0.0586. The van der Waals surface area contributed by atoms with Crippen LogP contribution in [0, 0.1) is 12.7 Å². The molecule has 0 N–H and O–H groups in total. The minimum atomic E-state index is -0.178. The van der Waals surface area contributed by atoms with Crippen LogP contribution in [0.3, 0.4) is 0 Å². The van der Waals surface area contributed by atoms with Gasteiger partial charge in [-0.05, 0) is 48.7 Å². The summed E-state index contributed by atoms with van der Waals surface area (Å²) in [6.45, 7) is 3.50. The molecule has 4 heteroatoms. The first-order chi connectivity index (χ1) is 10.7. The first-order valence-electron chi connectivity index (χ1n) is 7.54. The summed E-state index contributed by atoms with van der Waals surface area (Å²) in [5, 5.41) is 0. The fourth-order valence-corrected chi connectivity index (χ4v) is 2.85. The fourth-order valence-electron chi connectivity index (χ4n) is 2.85. The average molecular weight is 296 g/mol. The van der Waals surface area contributed by atoms with Gasteiger partial charge >= 0.3 is 0 Å². The van der Waals surface area contributed by atoms with Crippen molar-refractivity contribution in [3.8, 4) is 11.1 Å². The third-order valence-electron chi connectivity index (χ3n) is 4.30. The van der Waals surface area contributed by atoms with Crippen LogP contribution in [0.4, 0.5) is 4.39 Å². The summed E-state index contributed by atoms with van der Waals surface area (Å²) >= 11 is 0. The first-order valence-corrected chi connectivity index (χ1v) is 7.54. The Morgan fingerprint density at radius 3 is 2.86 bits per heavy atom. The zero-order valence-corrected chi connectivity index (χ0v) is 12.4. The molecular weight excluding hydrogens is 279 g/mol. The van der Waals surface area contributed by atoms with Crippen LogP contribution < -0.4 is 0 Å². The highest BCUT2D eigenvalue weighted by molar-refractivity contribution is 5.81. The zero-order chi connectivity index (χ0) is 15.1. The van der Waals surface area contributed by atoms with Gasteiger partial charge in [0.15, 0.2) is 0 Å². The van der Waals surface area contributed by atoms with Crippen LogP contribution in [0.15, 0.2) is 42.7 Å². The van der Waals surface area contributed by atoms with Crippen LogP contribution in [-0.4, -0.2) is 22.3 Å². The predicted octanol–water partition coefficient (Wildman–Crippen LogP) is 3.94. The van der Waals surface area contributed by atoms with Crippen molar-refractivity contribution < 1.29 is 9.13 Å². The van der Waals surface area contributed by atoms with E-state index in [-0.39, 0.29) is 5.82 Å². The Balaban J connectivity index is 1.74. The molecule has 22 heavy (non-hydrogen) atoms. The van der Waals surface area contributed by atoms with Gasteiger partial charge in [-0.15, -0.1) is 0 Å². The van der Waals surface area contributed by atoms with Gasteiger partial charge in [-0.2, -0.15) is 0 Å². The van der Waals surface area contributed by atoms with Gasteiger partial charge < -0.3 is 9.30 Å². The van der Waals surface area contributed by atoms with Gasteiger partial charge in [0.25, 0.3) is 0 Å². The maximum atomic E-state index is 13.4. The Morgan fingerprint density at radius 1 is 1.27 bits per heavy atom. The number of hydrogen-bond acceptors (Lipinski definition) is 2. The molecule has 3 nitrogen and oxygen atoms in total. The Labute approximate surface area is 128 Å². The van der Waals surface area contributed by atoms with Gasteiger partial charge in [-0.25, -0.2) is 4.39 Å². The molecule has 1 aromatic carbocycles. The number of pyridine rings is 1. The highest BCUT2D eigenvalue weighted by Crippen LogP contribution is 2.26. The minimum Gasteiger partial charge on any atom is -0.376 e. The SMILES string of the molecule is Cc1cc(-c2cnc3ccn(CC4CCO4)c3c2)ccc1F. The third-order valence-corrected chi connectivity index (χ3v) is 4.30. The van der Waals surface area contributed by atoms with Crippen molar-refractivity contribution in [2.24, 2.45) is 0 Å². The van der Waals surface area contributed by atoms with E-state index in [2.05, 4.69) is 21.8 Å². The second kappa shape index (κ2) is 5.21. The largest absolute Gasteiger partial charge is 0.376 e. The highest BCUT2D eigenvalue weighted by atomic mass is 19.1. The predicted molar refractivity (Wildman–Crippen MR) is 84.2 cm³/mol. The Morgan fingerprint density at radius 2 is 2.14 bits per heavy atom. The molecule has 0 saturated carbocycles. The van der Waals surface area contributed by atoms with Crippen molar-refractivity contribution in [2.45, 2.75) is 26.0 Å². The number of nitrogens with zero attached hydrogens (tertiary/aromatic N) is 2. The molecule has 3 aromatic rings. The molecule has 0 bridgehead atoms. The summed E-state index contributed by atoms with van der Waals surface area (Å²) in [6, 6.07) is 9.31. The molecule has 4 rings (SSSR count). The summed E-state index contributed by atoms with van der Waals surface area (Å²) in [4.78, 5) is 4.53. The summed E-state index contributed by atoms with van der Waals surface area (Å²) in [5.41, 5.74) is 4.71. The molecule has 0 amide bonds. The number of aromatic nitrogens is 2. The van der Waals surface area contributed by atoms with E-state index in [4.69, 9.17) is 4.74 Å². The van der Waals surface area contributed by atoms with E-state index >= 15 is 0 Å². The van der Waals surface area contributed by atoms with Crippen molar-refractivity contribution in [1.82, 2.24) is 9.55 Å². The maximum absolute atomic E-state index is 13.4. The Hall–Kier alpha value is -2.20. The van der Waals surface area contributed by atoms with Crippen LogP contribution >= 0.6 is 0 Å². The van der Waals surface area contributed by atoms with E-state index in [9.17, 15) is 4.39 Å². The minimum absolute atomic E-state index is 0.178. The number of hydrogen-bond donors (Lipinski definition) is 0. The van der Waals surface area contributed by atoms with Crippen LogP contribution in [0.25, 0.3) is 22.2 Å². The summed E-state index contributed by atoms with van der Waals surface area (Å²) in [7, 11) is 0. The molecule has 0 spiro atoms. The molecule has 112 valence electrons. The summed E-state index contributed by atoms with van der Waals surface area (Å²) in [5.74, 6) is -0.178. The second-order valence-corrected chi connectivity index (χ2v) is 5.84. The van der Waals surface area contributed by atoms with Gasteiger partial charge in [-0.3, -0.25) is 4.98 Å². The number of benzene rings is 1. The summed E-state index contributed by atoms with van der Waals surface area (Å²) in [6.07, 6.45) is 5.33. The smallest absolute Gasteiger partial charge is 0.126 e. The standard InChI is InChI=1S/C18H17FN2O/c1-12-8-13(2-3-16(12)19)14-9-18-17(20-10-14)4-6-21(18)11-15-5-7-22-15/h2-4,6,8-10,15H,5,7,11H2,1H3. The molecule has 1 fully saturated rings. The lowest BCUT2D eigenvalue weighted by Gasteiger charge is -2.27. The lowest BCUT2D eigenvalue weighted by Crippen LogP contribution is -2.30. The van der Waals surface area contributed by atoms with Gasteiger partial charge in [0.05, 0.1) is 17.1 Å². The topological polar surface area (TPSA) is 27.1 Å². The molecule has 1 saturated heterocycles. The number of fused-ring (bicyclic) bond motifs is 1. The van der Waals surface area contributed by atoms with Crippen molar-refractivity contribution in [2.75, 3.05) is 6.61 Å². The zero-order valence-electron chi connectivity index (χ0n) is 12.4. The normalized spacial score (nSPS) is 17.6. The number of ether oxygens (including phenoxy) is 1. The van der Waals surface area contributed by atoms with E-state index in [1.165, 1.54) is 6.07 Å². The maximum Gasteiger partial charge on any atom is 0.126 e. The second-order valence-electron chi connectivity index (χ2n) is 5.84. The molecular formula is C18H17FN2O. The van der Waals surface area contributed by atoms with Gasteiger partial charge in [0, 0.05) is 31.1 Å². The van der Waals surface area contributed by atoms with Crippen LogP contribution in [0.1, 0.15) is 12.0 Å². The van der Waals surface area contributed by atoms with Crippen molar-refractivity contribution in [3.63, 3.8) is 0 Å². The van der Waals surface area contributed by atoms with E-state index < -0.39 is 0 Å². The van der Waals surface area contributed by atoms with E-state index in [0.29, 0.717) is 11.7 Å². The number of aryl methyl sites for hydroxylation is 1. The Kier molecular flexibility index (Phi) is 3.19. The fraction of sp³-hybridized carbons (Fsp3) is 0.278. The molecule has 3 heterocycles. The van der Waals surface area contributed by atoms with Crippen LogP contribution in [0.2, 0.25) is 0 Å². The molecule has 1 unspecified atom stereocenters. The molecule has 0 radical (unpaired) electrons. The van der Waals surface area contributed by atoms with Crippen molar-refractivity contribution in [3.05, 3.63) is 54.1 Å². The molecule has 0 aliphatic carbocycles. The third kappa shape index (κ3) is 2.29. The van der Waals surface area contributed by atoms with Gasteiger partial charge in [0.1, 0.15) is 5.82 Å². The van der Waals surface area contributed by atoms with Crippen LogP contribution in [-0.2, 0) is 11.3 Å². The Bertz CT molecular complexity index is 836. The highest BCUT2D eigenvalue weighted by Gasteiger charge is 2.19. The van der Waals surface area contributed by atoms with Gasteiger partial charge in [0.2, 0.25) is 0 Å².